The third kappa shape index (κ3) is 4.71. The van der Waals surface area contributed by atoms with Crippen LogP contribution in [-0.4, -0.2) is 63.8 Å². The molecule has 0 spiro atoms. The maximum atomic E-state index is 12.5. The molecule has 0 unspecified atom stereocenters. The molecule has 1 atom stereocenters. The van der Waals surface area contributed by atoms with Gasteiger partial charge in [-0.25, -0.2) is 9.78 Å². The van der Waals surface area contributed by atoms with Gasteiger partial charge in [-0.15, -0.1) is 5.10 Å². The highest BCUT2D eigenvalue weighted by atomic mass is 32.1. The van der Waals surface area contributed by atoms with E-state index in [9.17, 15) is 4.79 Å². The number of anilines is 2. The molecule has 2 fully saturated rings. The van der Waals surface area contributed by atoms with Gasteiger partial charge in [-0.1, -0.05) is 54.9 Å². The number of piperazine rings is 1. The first-order valence-electron chi connectivity index (χ1n) is 12.6. The van der Waals surface area contributed by atoms with Crippen molar-refractivity contribution >= 4 is 33.3 Å². The van der Waals surface area contributed by atoms with Gasteiger partial charge in [-0.05, 0) is 39.2 Å². The molecule has 1 aromatic carbocycles. The zero-order chi connectivity index (χ0) is 23.7. The summed E-state index contributed by atoms with van der Waals surface area (Å²) in [5, 5.41) is 12.8. The lowest BCUT2D eigenvalue weighted by molar-refractivity contribution is 0.190. The zero-order valence-electron chi connectivity index (χ0n) is 20.4. The minimum atomic E-state index is 0.0359. The molecule has 9 heteroatoms. The van der Waals surface area contributed by atoms with Crippen LogP contribution in [0.25, 0.3) is 16.2 Å². The van der Waals surface area contributed by atoms with Crippen LogP contribution in [0.3, 0.4) is 0 Å². The Kier molecular flexibility index (Phi) is 6.63. The van der Waals surface area contributed by atoms with Crippen LogP contribution in [-0.2, 0) is 0 Å². The fourth-order valence-electron chi connectivity index (χ4n) is 4.76. The normalized spacial score (nSPS) is 18.0. The Bertz CT molecular complexity index is 1140. The van der Waals surface area contributed by atoms with E-state index in [2.05, 4.69) is 53.6 Å². The summed E-state index contributed by atoms with van der Waals surface area (Å²) in [6, 6.07) is 9.24. The minimum absolute atomic E-state index is 0.0359. The highest BCUT2D eigenvalue weighted by Gasteiger charge is 2.27. The number of fused-ring (bicyclic) bond motifs is 1. The summed E-state index contributed by atoms with van der Waals surface area (Å²) in [5.74, 6) is 1.00. The van der Waals surface area contributed by atoms with Crippen LogP contribution in [0.1, 0.15) is 51.5 Å². The van der Waals surface area contributed by atoms with Gasteiger partial charge in [0.25, 0.3) is 0 Å². The Morgan fingerprint density at radius 2 is 1.97 bits per heavy atom. The topological polar surface area (TPSA) is 77.8 Å². The number of carbonyl (C=O) groups excluding carboxylic acids is 1. The number of benzene rings is 1. The van der Waals surface area contributed by atoms with Crippen LogP contribution in [0, 0.1) is 6.92 Å². The van der Waals surface area contributed by atoms with Gasteiger partial charge in [0.05, 0.1) is 0 Å². The zero-order valence-corrected chi connectivity index (χ0v) is 21.2. The van der Waals surface area contributed by atoms with Gasteiger partial charge in [0.1, 0.15) is 5.69 Å². The number of imidazole rings is 1. The Labute approximate surface area is 205 Å². The Hall–Kier alpha value is -2.81. The number of urea groups is 1. The second-order valence-corrected chi connectivity index (χ2v) is 10.6. The highest BCUT2D eigenvalue weighted by Crippen LogP contribution is 2.35. The molecule has 1 saturated heterocycles. The van der Waals surface area contributed by atoms with Gasteiger partial charge in [0.15, 0.2) is 5.82 Å². The lowest BCUT2D eigenvalue weighted by Gasteiger charge is -2.34. The molecule has 8 nitrogen and oxygen atoms in total. The molecular weight excluding hydrogens is 446 g/mol. The number of aromatic nitrogens is 3. The van der Waals surface area contributed by atoms with Gasteiger partial charge in [0, 0.05) is 43.8 Å². The first-order valence-corrected chi connectivity index (χ1v) is 13.4. The van der Waals surface area contributed by atoms with Crippen molar-refractivity contribution in [2.75, 3.05) is 36.4 Å². The van der Waals surface area contributed by atoms with E-state index in [0.29, 0.717) is 19.1 Å². The van der Waals surface area contributed by atoms with Crippen molar-refractivity contribution in [2.45, 2.75) is 65.0 Å². The number of amides is 2. The second-order valence-electron chi connectivity index (χ2n) is 9.62. The Morgan fingerprint density at radius 3 is 2.68 bits per heavy atom. The summed E-state index contributed by atoms with van der Waals surface area (Å²) in [7, 11) is 0. The molecule has 5 rings (SSSR count). The number of hydrogen-bond acceptors (Lipinski definition) is 6. The molecule has 3 aromatic rings. The third-order valence-electron chi connectivity index (χ3n) is 7.00. The summed E-state index contributed by atoms with van der Waals surface area (Å²) in [5.41, 5.74) is 3.33. The predicted molar refractivity (Wildman–Crippen MR) is 139 cm³/mol. The number of hydrogen-bond donors (Lipinski definition) is 2. The van der Waals surface area contributed by atoms with Crippen molar-refractivity contribution in [3.63, 3.8) is 0 Å². The number of aryl methyl sites for hydroxylation is 1. The maximum Gasteiger partial charge on any atom is 0.317 e. The number of nitrogens with one attached hydrogen (secondary N) is 2. The molecule has 2 amide bonds. The van der Waals surface area contributed by atoms with Crippen LogP contribution < -0.4 is 15.5 Å². The van der Waals surface area contributed by atoms with E-state index < -0.39 is 0 Å². The molecule has 0 bridgehead atoms. The van der Waals surface area contributed by atoms with Crippen molar-refractivity contribution in [1.82, 2.24) is 24.8 Å². The first kappa shape index (κ1) is 23.0. The summed E-state index contributed by atoms with van der Waals surface area (Å²) in [6.07, 6.45) is 5.87. The standard InChI is InChI=1S/C25H35N7OS/c1-4-18(3)26-23(33)30-12-14-31(15-13-30)25-29-32-22(27-20-10-5-6-11-20)21(28-24(32)34-25)19-9-7-8-17(2)16-19/h7-9,16,18,20,27H,4-6,10-15H2,1-3H3,(H,26,33)/t18-/m1/s1. The van der Waals surface area contributed by atoms with Gasteiger partial charge < -0.3 is 20.4 Å². The third-order valence-corrected chi connectivity index (χ3v) is 7.97. The molecule has 3 heterocycles. The van der Waals surface area contributed by atoms with Crippen molar-refractivity contribution in [3.8, 4) is 11.3 Å². The van der Waals surface area contributed by atoms with Crippen LogP contribution in [0.4, 0.5) is 15.7 Å². The molecule has 1 saturated carbocycles. The smallest absolute Gasteiger partial charge is 0.317 e. The lowest BCUT2D eigenvalue weighted by atomic mass is 10.1. The van der Waals surface area contributed by atoms with Crippen LogP contribution in [0.5, 0.6) is 0 Å². The fourth-order valence-corrected chi connectivity index (χ4v) is 5.71. The second kappa shape index (κ2) is 9.82. The Morgan fingerprint density at radius 1 is 1.21 bits per heavy atom. The molecule has 1 aliphatic carbocycles. The minimum Gasteiger partial charge on any atom is -0.365 e. The summed E-state index contributed by atoms with van der Waals surface area (Å²) >= 11 is 1.63. The van der Waals surface area contributed by atoms with Crippen molar-refractivity contribution in [1.29, 1.82) is 0 Å². The van der Waals surface area contributed by atoms with Crippen molar-refractivity contribution in [2.24, 2.45) is 0 Å². The first-order chi connectivity index (χ1) is 16.5. The van der Waals surface area contributed by atoms with E-state index in [1.807, 2.05) is 16.3 Å². The van der Waals surface area contributed by atoms with Crippen LogP contribution in [0.15, 0.2) is 24.3 Å². The van der Waals surface area contributed by atoms with Gasteiger partial charge >= 0.3 is 6.03 Å². The number of carbonyl (C=O) groups is 1. The molecule has 2 aliphatic rings. The molecule has 34 heavy (non-hydrogen) atoms. The summed E-state index contributed by atoms with van der Waals surface area (Å²) < 4.78 is 2.00. The van der Waals surface area contributed by atoms with E-state index in [1.165, 1.54) is 31.2 Å². The van der Waals surface area contributed by atoms with Gasteiger partial charge in [-0.2, -0.15) is 4.52 Å². The van der Waals surface area contributed by atoms with Crippen molar-refractivity contribution < 1.29 is 4.79 Å². The lowest BCUT2D eigenvalue weighted by Crippen LogP contribution is -2.53. The van der Waals surface area contributed by atoms with Crippen LogP contribution in [0.2, 0.25) is 0 Å². The molecule has 2 aromatic heterocycles. The fraction of sp³-hybridized carbons (Fsp3) is 0.560. The van der Waals surface area contributed by atoms with Crippen LogP contribution >= 0.6 is 11.3 Å². The average molecular weight is 482 g/mol. The number of rotatable bonds is 6. The van der Waals surface area contributed by atoms with E-state index in [1.54, 1.807) is 11.3 Å². The van der Waals surface area contributed by atoms with Gasteiger partial charge in [0.2, 0.25) is 10.1 Å². The molecule has 182 valence electrons. The monoisotopic (exact) mass is 481 g/mol. The number of nitrogens with zero attached hydrogens (tertiary/aromatic N) is 5. The predicted octanol–water partition coefficient (Wildman–Crippen LogP) is 4.75. The van der Waals surface area contributed by atoms with E-state index in [0.717, 1.165) is 46.7 Å². The summed E-state index contributed by atoms with van der Waals surface area (Å²) in [4.78, 5) is 22.6. The van der Waals surface area contributed by atoms with Gasteiger partial charge in [-0.3, -0.25) is 0 Å². The largest absolute Gasteiger partial charge is 0.365 e. The van der Waals surface area contributed by atoms with E-state index in [-0.39, 0.29) is 12.1 Å². The SMILES string of the molecule is CC[C@@H](C)NC(=O)N1CCN(c2nn3c(NC4CCCC4)c(-c4cccc(C)c4)nc3s2)CC1. The quantitative estimate of drug-likeness (QED) is 0.531. The van der Waals surface area contributed by atoms with E-state index >= 15 is 0 Å². The summed E-state index contributed by atoms with van der Waals surface area (Å²) in [6.45, 7) is 9.20. The molecule has 2 N–H and O–H groups in total. The van der Waals surface area contributed by atoms with E-state index in [4.69, 9.17) is 10.1 Å². The molecule has 0 radical (unpaired) electrons. The highest BCUT2D eigenvalue weighted by molar-refractivity contribution is 7.20. The maximum absolute atomic E-state index is 12.5. The molecule has 1 aliphatic heterocycles. The Balaban J connectivity index is 1.37. The average Bonchev–Trinajstić information content (AvgIpc) is 3.57. The van der Waals surface area contributed by atoms with Crippen molar-refractivity contribution in [3.05, 3.63) is 29.8 Å². The molecular formula is C25H35N7OS.